The number of nitrogens with one attached hydrogen (secondary N) is 2. The number of aromatic amines is 1. The van der Waals surface area contributed by atoms with Crippen molar-refractivity contribution < 1.29 is 9.53 Å². The molecule has 1 amide bonds. The first-order valence-electron chi connectivity index (χ1n) is 7.31. The molecule has 0 radical (unpaired) electrons. The van der Waals surface area contributed by atoms with Crippen LogP contribution in [0, 0.1) is 0 Å². The second-order valence-electron chi connectivity index (χ2n) is 5.03. The number of amides is 1. The third-order valence-electron chi connectivity index (χ3n) is 3.26. The lowest BCUT2D eigenvalue weighted by molar-refractivity contribution is -0.122. The van der Waals surface area contributed by atoms with Crippen LogP contribution in [0.25, 0.3) is 0 Å². The number of H-pyrrole nitrogens is 1. The van der Waals surface area contributed by atoms with Gasteiger partial charge in [-0.15, -0.1) is 0 Å². The van der Waals surface area contributed by atoms with Gasteiger partial charge < -0.3 is 10.1 Å². The fraction of sp³-hybridized carbons (Fsp3) is 0.312. The molecule has 2 aromatic rings. The van der Waals surface area contributed by atoms with Gasteiger partial charge in [0.1, 0.15) is 12.3 Å². The van der Waals surface area contributed by atoms with Crippen molar-refractivity contribution in [2.75, 3.05) is 6.61 Å². The molecule has 1 heterocycles. The second kappa shape index (κ2) is 7.44. The molecule has 122 valence electrons. The van der Waals surface area contributed by atoms with Gasteiger partial charge in [0.05, 0.1) is 12.6 Å². The first kappa shape index (κ1) is 16.5. The Hall–Kier alpha value is -2.83. The van der Waals surface area contributed by atoms with Crippen molar-refractivity contribution in [3.05, 3.63) is 62.9 Å². The number of carbonyl (C=O) groups excluding carboxylic acids is 1. The molecule has 7 nitrogen and oxygen atoms in total. The minimum Gasteiger partial charge on any atom is -0.494 e. The fourth-order valence-corrected chi connectivity index (χ4v) is 2.13. The van der Waals surface area contributed by atoms with Gasteiger partial charge in [0, 0.05) is 12.3 Å². The summed E-state index contributed by atoms with van der Waals surface area (Å²) in [5.41, 5.74) is -0.204. The Balaban J connectivity index is 2.03. The molecular formula is C16H19N3O4. The Kier molecular flexibility index (Phi) is 5.35. The Morgan fingerprint density at radius 2 is 2.13 bits per heavy atom. The highest BCUT2D eigenvalue weighted by molar-refractivity contribution is 5.76. The monoisotopic (exact) mass is 317 g/mol. The molecule has 1 unspecified atom stereocenters. The molecule has 0 saturated carbocycles. The predicted molar refractivity (Wildman–Crippen MR) is 85.5 cm³/mol. The smallest absolute Gasteiger partial charge is 0.328 e. The normalized spacial score (nSPS) is 11.7. The average Bonchev–Trinajstić information content (AvgIpc) is 2.51. The number of aromatic nitrogens is 2. The van der Waals surface area contributed by atoms with Gasteiger partial charge in [-0.2, -0.15) is 0 Å². The molecule has 0 saturated heterocycles. The molecule has 1 atom stereocenters. The first-order valence-corrected chi connectivity index (χ1v) is 7.31. The molecule has 0 aliphatic rings. The van der Waals surface area contributed by atoms with Crippen LogP contribution in [0.5, 0.6) is 5.75 Å². The van der Waals surface area contributed by atoms with Gasteiger partial charge in [-0.3, -0.25) is 19.1 Å². The number of nitrogens with zero attached hydrogens (tertiary/aromatic N) is 1. The van der Waals surface area contributed by atoms with Crippen molar-refractivity contribution in [1.82, 2.24) is 14.9 Å². The number of benzene rings is 1. The van der Waals surface area contributed by atoms with Crippen LogP contribution in [0.3, 0.4) is 0 Å². The average molecular weight is 317 g/mol. The van der Waals surface area contributed by atoms with Crippen molar-refractivity contribution in [2.24, 2.45) is 0 Å². The zero-order valence-corrected chi connectivity index (χ0v) is 13.0. The molecule has 1 aromatic heterocycles. The van der Waals surface area contributed by atoms with E-state index in [4.69, 9.17) is 4.74 Å². The van der Waals surface area contributed by atoms with Gasteiger partial charge >= 0.3 is 5.69 Å². The van der Waals surface area contributed by atoms with E-state index in [1.165, 1.54) is 12.3 Å². The quantitative estimate of drug-likeness (QED) is 0.824. The van der Waals surface area contributed by atoms with E-state index in [1.54, 1.807) is 0 Å². The van der Waals surface area contributed by atoms with E-state index in [-0.39, 0.29) is 18.5 Å². The number of ether oxygens (including phenoxy) is 1. The molecule has 2 N–H and O–H groups in total. The van der Waals surface area contributed by atoms with Crippen LogP contribution in [0.4, 0.5) is 0 Å². The molecule has 0 spiro atoms. The number of rotatable bonds is 6. The van der Waals surface area contributed by atoms with E-state index >= 15 is 0 Å². The van der Waals surface area contributed by atoms with Gasteiger partial charge in [0.2, 0.25) is 5.91 Å². The lowest BCUT2D eigenvalue weighted by Gasteiger charge is -2.16. The van der Waals surface area contributed by atoms with Gasteiger partial charge in [-0.1, -0.05) is 12.1 Å². The van der Waals surface area contributed by atoms with Crippen LogP contribution in [0.2, 0.25) is 0 Å². The molecule has 7 heteroatoms. The minimum atomic E-state index is -0.612. The molecular weight excluding hydrogens is 298 g/mol. The summed E-state index contributed by atoms with van der Waals surface area (Å²) in [5, 5.41) is 2.81. The minimum absolute atomic E-state index is 0.162. The van der Waals surface area contributed by atoms with Gasteiger partial charge in [0.15, 0.2) is 0 Å². The van der Waals surface area contributed by atoms with Crippen LogP contribution in [0.15, 0.2) is 46.1 Å². The van der Waals surface area contributed by atoms with Crippen LogP contribution in [-0.4, -0.2) is 22.1 Å². The van der Waals surface area contributed by atoms with Crippen molar-refractivity contribution in [2.45, 2.75) is 26.4 Å². The third kappa shape index (κ3) is 4.57. The largest absolute Gasteiger partial charge is 0.494 e. The molecule has 1 aromatic carbocycles. The maximum atomic E-state index is 12.0. The summed E-state index contributed by atoms with van der Waals surface area (Å²) in [6.07, 6.45) is 1.29. The molecule has 0 bridgehead atoms. The summed E-state index contributed by atoms with van der Waals surface area (Å²) >= 11 is 0. The van der Waals surface area contributed by atoms with E-state index in [9.17, 15) is 14.4 Å². The van der Waals surface area contributed by atoms with Crippen molar-refractivity contribution in [3.63, 3.8) is 0 Å². The zero-order valence-electron chi connectivity index (χ0n) is 13.0. The molecule has 23 heavy (non-hydrogen) atoms. The molecule has 0 fully saturated rings. The topological polar surface area (TPSA) is 93.2 Å². The summed E-state index contributed by atoms with van der Waals surface area (Å²) in [4.78, 5) is 36.7. The van der Waals surface area contributed by atoms with E-state index in [0.29, 0.717) is 6.61 Å². The lowest BCUT2D eigenvalue weighted by Crippen LogP contribution is -2.36. The van der Waals surface area contributed by atoms with E-state index in [2.05, 4.69) is 10.3 Å². The summed E-state index contributed by atoms with van der Waals surface area (Å²) in [6.45, 7) is 4.16. The summed E-state index contributed by atoms with van der Waals surface area (Å²) in [5.74, 6) is 0.413. The molecule has 2 rings (SSSR count). The lowest BCUT2D eigenvalue weighted by atomic mass is 10.1. The first-order chi connectivity index (χ1) is 11.0. The Morgan fingerprint density at radius 1 is 1.35 bits per heavy atom. The van der Waals surface area contributed by atoms with Crippen LogP contribution >= 0.6 is 0 Å². The summed E-state index contributed by atoms with van der Waals surface area (Å²) in [6, 6.07) is 8.42. The number of hydrogen-bond donors (Lipinski definition) is 2. The maximum Gasteiger partial charge on any atom is 0.328 e. The highest BCUT2D eigenvalue weighted by atomic mass is 16.5. The second-order valence-corrected chi connectivity index (χ2v) is 5.03. The van der Waals surface area contributed by atoms with Crippen molar-refractivity contribution >= 4 is 5.91 Å². The zero-order chi connectivity index (χ0) is 16.8. The van der Waals surface area contributed by atoms with E-state index < -0.39 is 11.2 Å². The van der Waals surface area contributed by atoms with E-state index in [0.717, 1.165) is 15.9 Å². The summed E-state index contributed by atoms with van der Waals surface area (Å²) in [7, 11) is 0. The number of hydrogen-bond acceptors (Lipinski definition) is 4. The maximum absolute atomic E-state index is 12.0. The predicted octanol–water partition coefficient (Wildman–Crippen LogP) is 0.813. The standard InChI is InChI=1S/C16H19N3O4/c1-3-23-13-6-4-5-12(9-13)11(2)17-15(21)10-19-8-7-14(20)18-16(19)22/h4-9,11H,3,10H2,1-2H3,(H,17,21)(H,18,20,22). The van der Waals surface area contributed by atoms with Gasteiger partial charge in [0.25, 0.3) is 5.56 Å². The van der Waals surface area contributed by atoms with Gasteiger partial charge in [-0.25, -0.2) is 4.79 Å². The third-order valence-corrected chi connectivity index (χ3v) is 3.26. The van der Waals surface area contributed by atoms with Gasteiger partial charge in [-0.05, 0) is 31.5 Å². The Labute approximate surface area is 132 Å². The highest BCUT2D eigenvalue weighted by Crippen LogP contribution is 2.19. The molecule has 0 aliphatic heterocycles. The molecule has 0 aliphatic carbocycles. The van der Waals surface area contributed by atoms with Crippen molar-refractivity contribution in [1.29, 1.82) is 0 Å². The fourth-order valence-electron chi connectivity index (χ4n) is 2.13. The van der Waals surface area contributed by atoms with E-state index in [1.807, 2.05) is 38.1 Å². The van der Waals surface area contributed by atoms with Crippen LogP contribution in [-0.2, 0) is 11.3 Å². The van der Waals surface area contributed by atoms with Crippen LogP contribution < -0.4 is 21.3 Å². The van der Waals surface area contributed by atoms with Crippen molar-refractivity contribution in [3.8, 4) is 5.75 Å². The highest BCUT2D eigenvalue weighted by Gasteiger charge is 2.11. The summed E-state index contributed by atoms with van der Waals surface area (Å²) < 4.78 is 6.57. The Bertz CT molecular complexity index is 794. The Morgan fingerprint density at radius 3 is 2.83 bits per heavy atom. The SMILES string of the molecule is CCOc1cccc(C(C)NC(=O)Cn2ccc(=O)[nH]c2=O)c1. The number of carbonyl (C=O) groups is 1. The van der Waals surface area contributed by atoms with Crippen LogP contribution in [0.1, 0.15) is 25.5 Å².